The lowest BCUT2D eigenvalue weighted by atomic mass is 10.1. The van der Waals surface area contributed by atoms with Crippen molar-refractivity contribution in [3.8, 4) is 5.82 Å². The van der Waals surface area contributed by atoms with E-state index in [0.717, 1.165) is 16.3 Å². The first-order chi connectivity index (χ1) is 13.4. The minimum Gasteiger partial charge on any atom is -0.324 e. The van der Waals surface area contributed by atoms with Crippen LogP contribution in [0.5, 0.6) is 0 Å². The fourth-order valence-electron chi connectivity index (χ4n) is 3.00. The number of thioether (sulfide) groups is 1. The van der Waals surface area contributed by atoms with Gasteiger partial charge in [-0.3, -0.25) is 9.59 Å². The maximum atomic E-state index is 12.6. The molecule has 2 aromatic heterocycles. The molecule has 8 heteroatoms. The van der Waals surface area contributed by atoms with Crippen molar-refractivity contribution in [2.45, 2.75) is 30.9 Å². The molecule has 1 aromatic carbocycles. The van der Waals surface area contributed by atoms with Gasteiger partial charge in [-0.2, -0.15) is 5.10 Å². The predicted molar refractivity (Wildman–Crippen MR) is 109 cm³/mol. The number of fused-ring (bicyclic) bond motifs is 1. The molecule has 0 unspecified atom stereocenters. The van der Waals surface area contributed by atoms with Gasteiger partial charge in [-0.1, -0.05) is 0 Å². The van der Waals surface area contributed by atoms with Crippen molar-refractivity contribution in [1.82, 2.24) is 14.8 Å². The first kappa shape index (κ1) is 18.2. The van der Waals surface area contributed by atoms with Crippen molar-refractivity contribution < 1.29 is 9.59 Å². The standard InChI is InChI=1S/C20H19N5O2S/c1-11-8-12(2)25(24-11)18-7-5-15(10-21-18)22-20(27)14-4-6-17-16(9-14)23-19(26)13(3)28-17/h4-10,13H,1-3H3,(H,22,27)(H,23,26)/t13-/m1/s1. The van der Waals surface area contributed by atoms with E-state index in [1.165, 1.54) is 11.8 Å². The summed E-state index contributed by atoms with van der Waals surface area (Å²) in [7, 11) is 0. The van der Waals surface area contributed by atoms with Crippen molar-refractivity contribution in [3.63, 3.8) is 0 Å². The van der Waals surface area contributed by atoms with Crippen LogP contribution in [0.4, 0.5) is 11.4 Å². The van der Waals surface area contributed by atoms with Crippen LogP contribution in [0.2, 0.25) is 0 Å². The molecule has 1 aliphatic rings. The van der Waals surface area contributed by atoms with Crippen LogP contribution < -0.4 is 10.6 Å². The second-order valence-corrected chi connectivity index (χ2v) is 8.04. The Hall–Kier alpha value is -3.13. The highest BCUT2D eigenvalue weighted by molar-refractivity contribution is 8.00. The third kappa shape index (κ3) is 3.50. The van der Waals surface area contributed by atoms with Gasteiger partial charge in [0.2, 0.25) is 5.91 Å². The summed E-state index contributed by atoms with van der Waals surface area (Å²) in [6.07, 6.45) is 1.60. The summed E-state index contributed by atoms with van der Waals surface area (Å²) >= 11 is 1.48. The highest BCUT2D eigenvalue weighted by atomic mass is 32.2. The molecular formula is C20H19N5O2S. The van der Waals surface area contributed by atoms with Crippen LogP contribution >= 0.6 is 11.8 Å². The Morgan fingerprint density at radius 3 is 2.71 bits per heavy atom. The summed E-state index contributed by atoms with van der Waals surface area (Å²) in [5.41, 5.74) is 3.63. The number of carbonyl (C=O) groups is 2. The van der Waals surface area contributed by atoms with Crippen molar-refractivity contribution in [3.05, 3.63) is 59.5 Å². The second-order valence-electron chi connectivity index (χ2n) is 6.66. The van der Waals surface area contributed by atoms with Crippen LogP contribution in [-0.4, -0.2) is 31.8 Å². The minimum absolute atomic E-state index is 0.0565. The zero-order valence-corrected chi connectivity index (χ0v) is 16.5. The quantitative estimate of drug-likeness (QED) is 0.710. The number of anilines is 2. The van der Waals surface area contributed by atoms with E-state index in [4.69, 9.17) is 0 Å². The molecular weight excluding hydrogens is 374 g/mol. The lowest BCUT2D eigenvalue weighted by molar-refractivity contribution is -0.115. The molecule has 1 aliphatic heterocycles. The Morgan fingerprint density at radius 1 is 1.21 bits per heavy atom. The monoisotopic (exact) mass is 393 g/mol. The number of hydrogen-bond acceptors (Lipinski definition) is 5. The zero-order chi connectivity index (χ0) is 19.8. The van der Waals surface area contributed by atoms with Crippen LogP contribution in [0.15, 0.2) is 47.5 Å². The zero-order valence-electron chi connectivity index (χ0n) is 15.7. The number of nitrogens with zero attached hydrogens (tertiary/aromatic N) is 3. The predicted octanol–water partition coefficient (Wildman–Crippen LogP) is 3.57. The van der Waals surface area contributed by atoms with Crippen LogP contribution in [0, 0.1) is 13.8 Å². The lowest BCUT2D eigenvalue weighted by Crippen LogP contribution is -2.26. The molecule has 0 fully saturated rings. The van der Waals surface area contributed by atoms with E-state index in [2.05, 4.69) is 20.7 Å². The van der Waals surface area contributed by atoms with Crippen LogP contribution in [0.25, 0.3) is 5.82 Å². The minimum atomic E-state index is -0.263. The number of aryl methyl sites for hydroxylation is 2. The first-order valence-electron chi connectivity index (χ1n) is 8.83. The fraction of sp³-hybridized carbons (Fsp3) is 0.200. The highest BCUT2D eigenvalue weighted by Gasteiger charge is 2.23. The SMILES string of the molecule is Cc1cc(C)n(-c2ccc(NC(=O)c3ccc4c(c3)NC(=O)[C@@H](C)S4)cn2)n1. The third-order valence-electron chi connectivity index (χ3n) is 4.40. The smallest absolute Gasteiger partial charge is 0.255 e. The topological polar surface area (TPSA) is 88.9 Å². The first-order valence-corrected chi connectivity index (χ1v) is 9.71. The average molecular weight is 393 g/mol. The number of pyridine rings is 1. The summed E-state index contributed by atoms with van der Waals surface area (Å²) in [5.74, 6) is 0.367. The van der Waals surface area contributed by atoms with Gasteiger partial charge in [-0.15, -0.1) is 11.8 Å². The van der Waals surface area contributed by atoms with Crippen molar-refractivity contribution in [1.29, 1.82) is 0 Å². The Bertz CT molecular complexity index is 1070. The van der Waals surface area contributed by atoms with Gasteiger partial charge in [0.05, 0.1) is 28.5 Å². The molecule has 2 amide bonds. The summed E-state index contributed by atoms with van der Waals surface area (Å²) < 4.78 is 1.76. The molecule has 142 valence electrons. The van der Waals surface area contributed by atoms with E-state index in [-0.39, 0.29) is 17.1 Å². The number of hydrogen-bond donors (Lipinski definition) is 2. The molecule has 0 saturated heterocycles. The molecule has 0 spiro atoms. The summed E-state index contributed by atoms with van der Waals surface area (Å²) in [4.78, 5) is 29.8. The van der Waals surface area contributed by atoms with Crippen molar-refractivity contribution in [2.24, 2.45) is 0 Å². The Morgan fingerprint density at radius 2 is 2.04 bits per heavy atom. The number of rotatable bonds is 3. The molecule has 0 radical (unpaired) electrons. The number of aromatic nitrogens is 3. The molecule has 0 saturated carbocycles. The molecule has 0 bridgehead atoms. The number of carbonyl (C=O) groups excluding carboxylic acids is 2. The average Bonchev–Trinajstić information content (AvgIpc) is 3.01. The van der Waals surface area contributed by atoms with E-state index in [9.17, 15) is 9.59 Å². The summed E-state index contributed by atoms with van der Waals surface area (Å²) in [6, 6.07) is 10.9. The largest absolute Gasteiger partial charge is 0.324 e. The van der Waals surface area contributed by atoms with Crippen molar-refractivity contribution in [2.75, 3.05) is 10.6 Å². The normalized spacial score (nSPS) is 15.7. The van der Waals surface area contributed by atoms with Crippen LogP contribution in [0.3, 0.4) is 0 Å². The second kappa shape index (κ2) is 7.12. The fourth-order valence-corrected chi connectivity index (χ4v) is 3.93. The maximum absolute atomic E-state index is 12.6. The highest BCUT2D eigenvalue weighted by Crippen LogP contribution is 2.36. The van der Waals surface area contributed by atoms with Gasteiger partial charge < -0.3 is 10.6 Å². The van der Waals surface area contributed by atoms with E-state index in [0.29, 0.717) is 22.8 Å². The van der Waals surface area contributed by atoms with Crippen molar-refractivity contribution >= 4 is 35.0 Å². The van der Waals surface area contributed by atoms with Gasteiger partial charge in [0.1, 0.15) is 0 Å². The van der Waals surface area contributed by atoms with E-state index < -0.39 is 0 Å². The van der Waals surface area contributed by atoms with E-state index >= 15 is 0 Å². The van der Waals surface area contributed by atoms with Crippen LogP contribution in [0.1, 0.15) is 28.7 Å². The van der Waals surface area contributed by atoms with Gasteiger partial charge >= 0.3 is 0 Å². The summed E-state index contributed by atoms with van der Waals surface area (Å²) in [5, 5.41) is 9.93. The third-order valence-corrected chi connectivity index (χ3v) is 5.58. The Balaban J connectivity index is 1.50. The van der Waals surface area contributed by atoms with Crippen LogP contribution in [-0.2, 0) is 4.79 Å². The molecule has 4 rings (SSSR count). The van der Waals surface area contributed by atoms with Gasteiger partial charge in [-0.05, 0) is 57.2 Å². The molecule has 1 atom stereocenters. The van der Waals surface area contributed by atoms with Gasteiger partial charge in [-0.25, -0.2) is 9.67 Å². The van der Waals surface area contributed by atoms with Gasteiger partial charge in [0, 0.05) is 16.2 Å². The molecule has 7 nitrogen and oxygen atoms in total. The number of nitrogens with one attached hydrogen (secondary N) is 2. The van der Waals surface area contributed by atoms with E-state index in [1.807, 2.05) is 32.9 Å². The van der Waals surface area contributed by atoms with Gasteiger partial charge in [0.15, 0.2) is 5.82 Å². The number of amides is 2. The summed E-state index contributed by atoms with van der Waals surface area (Å²) in [6.45, 7) is 5.75. The van der Waals surface area contributed by atoms with E-state index in [1.54, 1.807) is 35.1 Å². The lowest BCUT2D eigenvalue weighted by Gasteiger charge is -2.21. The van der Waals surface area contributed by atoms with Gasteiger partial charge in [0.25, 0.3) is 5.91 Å². The number of benzene rings is 1. The molecule has 3 aromatic rings. The Labute approximate surface area is 166 Å². The molecule has 3 heterocycles. The Kier molecular flexibility index (Phi) is 4.64. The molecule has 2 N–H and O–H groups in total. The maximum Gasteiger partial charge on any atom is 0.255 e. The molecule has 0 aliphatic carbocycles. The molecule has 28 heavy (non-hydrogen) atoms.